The zero-order chi connectivity index (χ0) is 19.6. The number of rotatable bonds is 9. The third-order valence-corrected chi connectivity index (χ3v) is 3.65. The summed E-state index contributed by atoms with van der Waals surface area (Å²) in [5, 5.41) is 2.82. The standard InChI is InChI=1S/C21H25NO5/c1-4-25-18-12-7-15(13-19(18)26-5-2)14-20(23)22-17-10-8-16(9-11-17)21(24)27-6-3/h7-13H,4-6,14H2,1-3H3,(H,22,23). The Labute approximate surface area is 159 Å². The molecule has 2 aromatic carbocycles. The lowest BCUT2D eigenvalue weighted by Gasteiger charge is -2.12. The minimum atomic E-state index is -0.381. The first-order valence-electron chi connectivity index (χ1n) is 9.02. The van der Waals surface area contributed by atoms with Crippen LogP contribution >= 0.6 is 0 Å². The summed E-state index contributed by atoms with van der Waals surface area (Å²) in [5.41, 5.74) is 1.88. The Balaban J connectivity index is 2.00. The highest BCUT2D eigenvalue weighted by molar-refractivity contribution is 5.94. The largest absolute Gasteiger partial charge is 0.490 e. The number of carbonyl (C=O) groups excluding carboxylic acids is 2. The molecule has 0 aliphatic rings. The lowest BCUT2D eigenvalue weighted by molar-refractivity contribution is -0.115. The van der Waals surface area contributed by atoms with Crippen molar-refractivity contribution in [3.8, 4) is 11.5 Å². The van der Waals surface area contributed by atoms with E-state index in [1.54, 1.807) is 31.2 Å². The number of hydrogen-bond acceptors (Lipinski definition) is 5. The van der Waals surface area contributed by atoms with Crippen LogP contribution < -0.4 is 14.8 Å². The Morgan fingerprint density at radius 1 is 0.852 bits per heavy atom. The van der Waals surface area contributed by atoms with Crippen LogP contribution in [0.2, 0.25) is 0 Å². The average molecular weight is 371 g/mol. The van der Waals surface area contributed by atoms with Gasteiger partial charge in [0.1, 0.15) is 0 Å². The molecular weight excluding hydrogens is 346 g/mol. The van der Waals surface area contributed by atoms with E-state index in [-0.39, 0.29) is 18.3 Å². The smallest absolute Gasteiger partial charge is 0.338 e. The van der Waals surface area contributed by atoms with E-state index in [2.05, 4.69) is 5.32 Å². The van der Waals surface area contributed by atoms with E-state index < -0.39 is 0 Å². The van der Waals surface area contributed by atoms with Crippen molar-refractivity contribution in [3.63, 3.8) is 0 Å². The zero-order valence-corrected chi connectivity index (χ0v) is 15.9. The number of nitrogens with one attached hydrogen (secondary N) is 1. The van der Waals surface area contributed by atoms with Gasteiger partial charge in [0.15, 0.2) is 11.5 Å². The molecule has 0 unspecified atom stereocenters. The lowest BCUT2D eigenvalue weighted by atomic mass is 10.1. The predicted octanol–water partition coefficient (Wildman–Crippen LogP) is 3.84. The van der Waals surface area contributed by atoms with Crippen LogP contribution in [-0.4, -0.2) is 31.7 Å². The van der Waals surface area contributed by atoms with Gasteiger partial charge >= 0.3 is 5.97 Å². The van der Waals surface area contributed by atoms with E-state index in [0.29, 0.717) is 42.6 Å². The topological polar surface area (TPSA) is 73.9 Å². The molecule has 1 N–H and O–H groups in total. The molecule has 0 bridgehead atoms. The van der Waals surface area contributed by atoms with Gasteiger partial charge in [-0.15, -0.1) is 0 Å². The molecule has 0 heterocycles. The Hall–Kier alpha value is -3.02. The van der Waals surface area contributed by atoms with Crippen LogP contribution in [0.3, 0.4) is 0 Å². The fourth-order valence-electron chi connectivity index (χ4n) is 2.50. The second-order valence-corrected chi connectivity index (χ2v) is 5.67. The molecule has 144 valence electrons. The fourth-order valence-corrected chi connectivity index (χ4v) is 2.50. The van der Waals surface area contributed by atoms with Crippen LogP contribution in [0.4, 0.5) is 5.69 Å². The van der Waals surface area contributed by atoms with Gasteiger partial charge in [0.05, 0.1) is 31.8 Å². The minimum absolute atomic E-state index is 0.162. The molecule has 0 saturated heterocycles. The summed E-state index contributed by atoms with van der Waals surface area (Å²) in [6.07, 6.45) is 0.201. The third kappa shape index (κ3) is 6.02. The summed E-state index contributed by atoms with van der Waals surface area (Å²) < 4.78 is 16.1. The molecule has 0 fully saturated rings. The summed E-state index contributed by atoms with van der Waals surface area (Å²) in [4.78, 5) is 24.0. The first-order valence-corrected chi connectivity index (χ1v) is 9.02. The average Bonchev–Trinajstić information content (AvgIpc) is 2.65. The third-order valence-electron chi connectivity index (χ3n) is 3.65. The van der Waals surface area contributed by atoms with Crippen molar-refractivity contribution in [2.75, 3.05) is 25.1 Å². The van der Waals surface area contributed by atoms with E-state index in [4.69, 9.17) is 14.2 Å². The number of carbonyl (C=O) groups is 2. The summed E-state index contributed by atoms with van der Waals surface area (Å²) in [5.74, 6) is 0.750. The van der Waals surface area contributed by atoms with E-state index in [1.807, 2.05) is 32.0 Å². The maximum absolute atomic E-state index is 12.3. The number of hydrogen-bond donors (Lipinski definition) is 1. The molecule has 0 aliphatic heterocycles. The molecule has 2 aromatic rings. The molecular formula is C21H25NO5. The van der Waals surface area contributed by atoms with Gasteiger partial charge in [-0.2, -0.15) is 0 Å². The quantitative estimate of drug-likeness (QED) is 0.678. The van der Waals surface area contributed by atoms with Gasteiger partial charge in [-0.25, -0.2) is 4.79 Å². The van der Waals surface area contributed by atoms with Gasteiger partial charge in [0.2, 0.25) is 5.91 Å². The number of anilines is 1. The van der Waals surface area contributed by atoms with Crippen molar-refractivity contribution in [1.82, 2.24) is 0 Å². The molecule has 0 aliphatic carbocycles. The Morgan fingerprint density at radius 2 is 1.52 bits per heavy atom. The highest BCUT2D eigenvalue weighted by Crippen LogP contribution is 2.28. The number of amides is 1. The number of ether oxygens (including phenoxy) is 3. The van der Waals surface area contributed by atoms with Crippen LogP contribution in [0.25, 0.3) is 0 Å². The van der Waals surface area contributed by atoms with Gasteiger partial charge < -0.3 is 19.5 Å². The van der Waals surface area contributed by atoms with Crippen LogP contribution in [0.5, 0.6) is 11.5 Å². The second-order valence-electron chi connectivity index (χ2n) is 5.67. The molecule has 6 nitrogen and oxygen atoms in total. The molecule has 1 amide bonds. The first-order chi connectivity index (χ1) is 13.1. The van der Waals surface area contributed by atoms with Crippen molar-refractivity contribution in [2.45, 2.75) is 27.2 Å². The molecule has 0 atom stereocenters. The van der Waals surface area contributed by atoms with Gasteiger partial charge in [-0.1, -0.05) is 6.07 Å². The predicted molar refractivity (Wildman–Crippen MR) is 104 cm³/mol. The van der Waals surface area contributed by atoms with Crippen molar-refractivity contribution in [1.29, 1.82) is 0 Å². The minimum Gasteiger partial charge on any atom is -0.490 e. The highest BCUT2D eigenvalue weighted by Gasteiger charge is 2.11. The molecule has 0 aromatic heterocycles. The van der Waals surface area contributed by atoms with Crippen LogP contribution in [0.15, 0.2) is 42.5 Å². The number of benzene rings is 2. The van der Waals surface area contributed by atoms with Crippen molar-refractivity contribution < 1.29 is 23.8 Å². The molecule has 27 heavy (non-hydrogen) atoms. The van der Waals surface area contributed by atoms with E-state index in [1.165, 1.54) is 0 Å². The fraction of sp³-hybridized carbons (Fsp3) is 0.333. The maximum Gasteiger partial charge on any atom is 0.338 e. The highest BCUT2D eigenvalue weighted by atomic mass is 16.5. The van der Waals surface area contributed by atoms with Gasteiger partial charge in [-0.05, 0) is 62.7 Å². The summed E-state index contributed by atoms with van der Waals surface area (Å²) >= 11 is 0. The monoisotopic (exact) mass is 371 g/mol. The number of esters is 1. The molecule has 6 heteroatoms. The van der Waals surface area contributed by atoms with Crippen molar-refractivity contribution in [3.05, 3.63) is 53.6 Å². The van der Waals surface area contributed by atoms with Crippen molar-refractivity contribution in [2.24, 2.45) is 0 Å². The summed E-state index contributed by atoms with van der Waals surface area (Å²) in [7, 11) is 0. The van der Waals surface area contributed by atoms with E-state index >= 15 is 0 Å². The van der Waals surface area contributed by atoms with Crippen LogP contribution in [0, 0.1) is 0 Å². The lowest BCUT2D eigenvalue weighted by Crippen LogP contribution is -2.14. The Morgan fingerprint density at radius 3 is 2.15 bits per heavy atom. The van der Waals surface area contributed by atoms with Crippen LogP contribution in [0.1, 0.15) is 36.7 Å². The normalized spacial score (nSPS) is 10.2. The SMILES string of the molecule is CCOC(=O)c1ccc(NC(=O)Cc2ccc(OCC)c(OCC)c2)cc1. The van der Waals surface area contributed by atoms with Gasteiger partial charge in [0.25, 0.3) is 0 Å². The first kappa shape index (κ1) is 20.3. The van der Waals surface area contributed by atoms with Crippen molar-refractivity contribution >= 4 is 17.6 Å². The Bertz CT molecular complexity index is 771. The second kappa shape index (κ2) is 10.2. The van der Waals surface area contributed by atoms with Crippen LogP contribution in [-0.2, 0) is 16.0 Å². The molecule has 0 saturated carbocycles. The zero-order valence-electron chi connectivity index (χ0n) is 15.9. The Kier molecular flexibility index (Phi) is 7.67. The van der Waals surface area contributed by atoms with Gasteiger partial charge in [-0.3, -0.25) is 4.79 Å². The maximum atomic E-state index is 12.3. The molecule has 2 rings (SSSR count). The molecule has 0 spiro atoms. The summed E-state index contributed by atoms with van der Waals surface area (Å²) in [6.45, 7) is 6.94. The van der Waals surface area contributed by atoms with E-state index in [0.717, 1.165) is 5.56 Å². The summed E-state index contributed by atoms with van der Waals surface area (Å²) in [6, 6.07) is 12.1. The van der Waals surface area contributed by atoms with Gasteiger partial charge in [0, 0.05) is 5.69 Å². The molecule has 0 radical (unpaired) electrons. The van der Waals surface area contributed by atoms with E-state index in [9.17, 15) is 9.59 Å².